The van der Waals surface area contributed by atoms with Crippen LogP contribution in [0.2, 0.25) is 36.3 Å². The second-order valence-corrected chi connectivity index (χ2v) is 21.7. The minimum absolute atomic E-state index is 0.0860. The summed E-state index contributed by atoms with van der Waals surface area (Å²) in [4.78, 5) is 0. The Hall–Kier alpha value is -1.67. The van der Waals surface area contributed by atoms with Crippen molar-refractivity contribution in [2.45, 2.75) is 104 Å². The first-order valence-electron chi connectivity index (χ1n) is 11.3. The Bertz CT molecular complexity index is 893. The Morgan fingerprint density at radius 3 is 1.67 bits per heavy atom. The fraction of sp³-hybridized carbons (Fsp3) is 0.571. The largest absolute Gasteiger partial charge is 0.146 e. The molecule has 30 heavy (non-hydrogen) atoms. The first-order valence-corrected chi connectivity index (χ1v) is 17.1. The minimum atomic E-state index is -1.79. The van der Waals surface area contributed by atoms with E-state index in [0.717, 1.165) is 11.1 Å². The quantitative estimate of drug-likeness (QED) is 0.336. The third-order valence-corrected chi connectivity index (χ3v) is 13.0. The van der Waals surface area contributed by atoms with Crippen molar-refractivity contribution in [1.29, 1.82) is 0 Å². The zero-order valence-corrected chi connectivity index (χ0v) is 23.5. The van der Waals surface area contributed by atoms with Crippen LogP contribution in [0, 0.1) is 34.8 Å². The maximum atomic E-state index is 3.87. The molecule has 0 aromatic heterocycles. The van der Waals surface area contributed by atoms with Gasteiger partial charge in [-0.15, -0.1) is 11.1 Å². The van der Waals surface area contributed by atoms with E-state index >= 15 is 0 Å². The normalized spacial score (nSPS) is 12.1. The molecule has 0 spiro atoms. The highest BCUT2D eigenvalue weighted by molar-refractivity contribution is 6.90. The van der Waals surface area contributed by atoms with Crippen molar-refractivity contribution in [2.24, 2.45) is 0 Å². The van der Waals surface area contributed by atoms with E-state index < -0.39 is 16.1 Å². The van der Waals surface area contributed by atoms with Crippen molar-refractivity contribution >= 4 is 16.1 Å². The van der Waals surface area contributed by atoms with Crippen molar-refractivity contribution in [2.75, 3.05) is 0 Å². The van der Waals surface area contributed by atoms with Gasteiger partial charge in [0.1, 0.15) is 16.1 Å². The topological polar surface area (TPSA) is 0 Å². The lowest BCUT2D eigenvalue weighted by Crippen LogP contribution is -2.43. The summed E-state index contributed by atoms with van der Waals surface area (Å²) in [6, 6.07) is 6.58. The van der Waals surface area contributed by atoms with Gasteiger partial charge in [-0.3, -0.25) is 0 Å². The third kappa shape index (κ3) is 6.94. The van der Waals surface area contributed by atoms with E-state index in [0.29, 0.717) is 16.6 Å². The predicted molar refractivity (Wildman–Crippen MR) is 141 cm³/mol. The molecule has 0 saturated carbocycles. The van der Waals surface area contributed by atoms with Gasteiger partial charge in [0, 0.05) is 11.1 Å². The average Bonchev–Trinajstić information content (AvgIpc) is 2.57. The standard InChI is InChI=1S/C28H42Si2/c1-22(2)30(23(3)4,24(5)6)20-18-26-21-27(28(7,8)9)17-16-25(26)15-13-14-19-29(10,11)12/h16-17,21-24H,1-12H3. The zero-order valence-electron chi connectivity index (χ0n) is 21.5. The van der Waals surface area contributed by atoms with E-state index in [2.05, 4.69) is 135 Å². The molecule has 0 N–H and O–H groups in total. The first kappa shape index (κ1) is 26.4. The lowest BCUT2D eigenvalue weighted by Gasteiger charge is -2.38. The summed E-state index contributed by atoms with van der Waals surface area (Å²) < 4.78 is 0. The summed E-state index contributed by atoms with van der Waals surface area (Å²) in [5.74, 6) is 13.1. The van der Waals surface area contributed by atoms with Crippen molar-refractivity contribution in [3.8, 4) is 34.8 Å². The molecule has 0 aliphatic rings. The number of rotatable bonds is 3. The maximum absolute atomic E-state index is 3.87. The van der Waals surface area contributed by atoms with E-state index in [9.17, 15) is 0 Å². The SMILES string of the molecule is CC(C)[Si](C#Cc1cc(C(C)(C)C)ccc1C#CC#C[Si](C)(C)C)(C(C)C)C(C)C. The third-order valence-electron chi connectivity index (χ3n) is 5.86. The molecule has 0 amide bonds. The van der Waals surface area contributed by atoms with Gasteiger partial charge in [0.25, 0.3) is 0 Å². The smallest absolute Gasteiger partial charge is 0.125 e. The van der Waals surface area contributed by atoms with Gasteiger partial charge < -0.3 is 0 Å². The Balaban J connectivity index is 3.65. The van der Waals surface area contributed by atoms with Crippen LogP contribution in [0.5, 0.6) is 0 Å². The van der Waals surface area contributed by atoms with E-state index in [1.165, 1.54) is 5.56 Å². The van der Waals surface area contributed by atoms with Gasteiger partial charge in [-0.05, 0) is 51.6 Å². The van der Waals surface area contributed by atoms with Crippen LogP contribution >= 0.6 is 0 Å². The maximum Gasteiger partial charge on any atom is 0.146 e. The molecular formula is C28H42Si2. The van der Waals surface area contributed by atoms with Crippen LogP contribution in [-0.2, 0) is 5.41 Å². The first-order chi connectivity index (χ1) is 13.6. The molecule has 2 heteroatoms. The molecule has 0 saturated heterocycles. The number of hydrogen-bond donors (Lipinski definition) is 0. The van der Waals surface area contributed by atoms with Crippen LogP contribution in [0.4, 0.5) is 0 Å². The van der Waals surface area contributed by atoms with E-state index in [1.54, 1.807) is 0 Å². The summed E-state index contributed by atoms with van der Waals surface area (Å²) in [6.45, 7) is 27.6. The van der Waals surface area contributed by atoms with Gasteiger partial charge in [0.2, 0.25) is 0 Å². The molecule has 0 aliphatic carbocycles. The molecule has 1 aromatic rings. The molecular weight excluding hydrogens is 392 g/mol. The molecule has 0 atom stereocenters. The van der Waals surface area contributed by atoms with E-state index in [4.69, 9.17) is 0 Å². The van der Waals surface area contributed by atoms with Crippen molar-refractivity contribution < 1.29 is 0 Å². The molecule has 0 unspecified atom stereocenters. The van der Waals surface area contributed by atoms with Gasteiger partial charge in [-0.2, -0.15) is 0 Å². The summed E-state index contributed by atoms with van der Waals surface area (Å²) in [5, 5.41) is 0. The molecule has 0 bridgehead atoms. The molecule has 0 nitrogen and oxygen atoms in total. The number of benzene rings is 1. The van der Waals surface area contributed by atoms with E-state index in [-0.39, 0.29) is 5.41 Å². The molecule has 1 aromatic carbocycles. The van der Waals surface area contributed by atoms with Crippen LogP contribution < -0.4 is 0 Å². The van der Waals surface area contributed by atoms with Crippen LogP contribution in [0.1, 0.15) is 79.0 Å². The molecule has 1 rings (SSSR count). The molecule has 0 radical (unpaired) electrons. The van der Waals surface area contributed by atoms with Crippen molar-refractivity contribution in [1.82, 2.24) is 0 Å². The Kier molecular flexibility index (Phi) is 8.87. The summed E-state index contributed by atoms with van der Waals surface area (Å²) in [6.07, 6.45) is 0. The van der Waals surface area contributed by atoms with Crippen LogP contribution in [0.15, 0.2) is 18.2 Å². The average molecular weight is 435 g/mol. The highest BCUT2D eigenvalue weighted by Crippen LogP contribution is 2.40. The van der Waals surface area contributed by atoms with Crippen molar-refractivity contribution in [3.63, 3.8) is 0 Å². The summed E-state index contributed by atoms with van der Waals surface area (Å²) >= 11 is 0. The summed E-state index contributed by atoms with van der Waals surface area (Å²) in [5.41, 5.74) is 12.5. The summed E-state index contributed by atoms with van der Waals surface area (Å²) in [7, 11) is -3.20. The Morgan fingerprint density at radius 2 is 1.23 bits per heavy atom. The van der Waals surface area contributed by atoms with Crippen LogP contribution in [-0.4, -0.2) is 16.1 Å². The van der Waals surface area contributed by atoms with Gasteiger partial charge in [0.15, 0.2) is 0 Å². The van der Waals surface area contributed by atoms with Gasteiger partial charge in [0.05, 0.1) is 0 Å². The van der Waals surface area contributed by atoms with Gasteiger partial charge in [-0.1, -0.05) is 99.9 Å². The molecule has 0 fully saturated rings. The van der Waals surface area contributed by atoms with Crippen LogP contribution in [0.3, 0.4) is 0 Å². The molecule has 0 aliphatic heterocycles. The van der Waals surface area contributed by atoms with Gasteiger partial charge in [-0.25, -0.2) is 0 Å². The highest BCUT2D eigenvalue weighted by atomic mass is 28.3. The highest BCUT2D eigenvalue weighted by Gasteiger charge is 2.41. The Morgan fingerprint density at radius 1 is 0.700 bits per heavy atom. The Labute approximate surface area is 189 Å². The van der Waals surface area contributed by atoms with Gasteiger partial charge >= 0.3 is 0 Å². The number of hydrogen-bond acceptors (Lipinski definition) is 0. The predicted octanol–water partition coefficient (Wildman–Crippen LogP) is 7.79. The fourth-order valence-corrected chi connectivity index (χ4v) is 9.80. The molecule has 0 heterocycles. The lowest BCUT2D eigenvalue weighted by atomic mass is 9.85. The molecule has 162 valence electrons. The zero-order chi connectivity index (χ0) is 23.3. The fourth-order valence-electron chi connectivity index (χ4n) is 4.15. The second kappa shape index (κ2) is 10.1. The lowest BCUT2D eigenvalue weighted by molar-refractivity contribution is 0.590. The van der Waals surface area contributed by atoms with Crippen molar-refractivity contribution in [3.05, 3.63) is 34.9 Å². The second-order valence-electron chi connectivity index (χ2n) is 11.4. The minimum Gasteiger partial charge on any atom is -0.125 e. The monoisotopic (exact) mass is 434 g/mol. The van der Waals surface area contributed by atoms with Crippen LogP contribution in [0.25, 0.3) is 0 Å². The van der Waals surface area contributed by atoms with E-state index in [1.807, 2.05) is 0 Å².